The van der Waals surface area contributed by atoms with Crippen molar-refractivity contribution in [1.29, 1.82) is 0 Å². The molecule has 1 atom stereocenters. The molecule has 1 aromatic carbocycles. The van der Waals surface area contributed by atoms with E-state index < -0.39 is 6.04 Å². The molecule has 2 aromatic rings. The second kappa shape index (κ2) is 8.94. The molecule has 0 saturated heterocycles. The number of hydrogen-bond acceptors (Lipinski definition) is 4. The van der Waals surface area contributed by atoms with Gasteiger partial charge in [0.25, 0.3) is 0 Å². The Balaban J connectivity index is 2.16. The Morgan fingerprint density at radius 3 is 2.38 bits per heavy atom. The van der Waals surface area contributed by atoms with E-state index in [9.17, 15) is 9.59 Å². The molecule has 0 aliphatic carbocycles. The summed E-state index contributed by atoms with van der Waals surface area (Å²) < 4.78 is 0. The molecular weight excluding hydrogens is 346 g/mol. The van der Waals surface area contributed by atoms with Gasteiger partial charge in [0, 0.05) is 17.4 Å². The maximum atomic E-state index is 12.5. The van der Waals surface area contributed by atoms with Crippen molar-refractivity contribution in [1.82, 2.24) is 10.3 Å². The molecule has 5 nitrogen and oxygen atoms in total. The molecule has 0 radical (unpaired) electrons. The van der Waals surface area contributed by atoms with E-state index in [-0.39, 0.29) is 17.7 Å². The summed E-state index contributed by atoms with van der Waals surface area (Å²) in [6, 6.07) is 7.83. The highest BCUT2D eigenvalue weighted by molar-refractivity contribution is 7.16. The van der Waals surface area contributed by atoms with Crippen LogP contribution in [0.15, 0.2) is 24.3 Å². The van der Waals surface area contributed by atoms with Crippen molar-refractivity contribution in [3.63, 3.8) is 0 Å². The maximum Gasteiger partial charge on any atom is 0.248 e. The van der Waals surface area contributed by atoms with Gasteiger partial charge in [-0.15, -0.1) is 11.3 Å². The summed E-state index contributed by atoms with van der Waals surface area (Å²) in [6.45, 7) is 9.37. The molecule has 6 heteroatoms. The van der Waals surface area contributed by atoms with Crippen LogP contribution in [0.1, 0.15) is 44.6 Å². The first kappa shape index (κ1) is 20.1. The molecule has 0 unspecified atom stereocenters. The molecule has 0 saturated carbocycles. The van der Waals surface area contributed by atoms with Gasteiger partial charge in [0.05, 0.1) is 5.69 Å². The molecular formula is C20H27N3O2S. The fourth-order valence-electron chi connectivity index (χ4n) is 2.77. The third-order valence-corrected chi connectivity index (χ3v) is 4.99. The predicted octanol–water partition coefficient (Wildman–Crippen LogP) is 4.17. The number of rotatable bonds is 7. The van der Waals surface area contributed by atoms with Crippen LogP contribution >= 0.6 is 11.3 Å². The number of thiazole rings is 1. The second-order valence-corrected chi connectivity index (χ2v) is 7.99. The topological polar surface area (TPSA) is 71.1 Å². The maximum absolute atomic E-state index is 12.5. The van der Waals surface area contributed by atoms with E-state index >= 15 is 0 Å². The average Bonchev–Trinajstić information content (AvgIpc) is 2.93. The first-order valence-electron chi connectivity index (χ1n) is 8.96. The lowest BCUT2D eigenvalue weighted by Gasteiger charge is -2.20. The summed E-state index contributed by atoms with van der Waals surface area (Å²) in [5, 5.41) is 6.09. The number of aromatic nitrogens is 1. The monoisotopic (exact) mass is 373 g/mol. The van der Waals surface area contributed by atoms with Crippen LogP contribution in [0.25, 0.3) is 11.3 Å². The van der Waals surface area contributed by atoms with Gasteiger partial charge in [0.15, 0.2) is 5.13 Å². The van der Waals surface area contributed by atoms with Crippen LogP contribution in [0.4, 0.5) is 5.13 Å². The van der Waals surface area contributed by atoms with Crippen LogP contribution in [-0.4, -0.2) is 22.8 Å². The number of carbonyl (C=O) groups is 2. The zero-order chi connectivity index (χ0) is 19.3. The summed E-state index contributed by atoms with van der Waals surface area (Å²) >= 11 is 1.44. The normalized spacial score (nSPS) is 12.1. The number of aryl methyl sites for hydroxylation is 2. The van der Waals surface area contributed by atoms with Gasteiger partial charge in [-0.2, -0.15) is 0 Å². The number of benzene rings is 1. The summed E-state index contributed by atoms with van der Waals surface area (Å²) in [5.41, 5.74) is 3.24. The van der Waals surface area contributed by atoms with Crippen molar-refractivity contribution in [3.8, 4) is 11.3 Å². The molecule has 0 bridgehead atoms. The predicted molar refractivity (Wildman–Crippen MR) is 107 cm³/mol. The molecule has 0 aliphatic heterocycles. The first-order valence-corrected chi connectivity index (χ1v) is 9.78. The van der Waals surface area contributed by atoms with Crippen LogP contribution in [-0.2, 0) is 16.0 Å². The molecule has 140 valence electrons. The fraction of sp³-hybridized carbons (Fsp3) is 0.450. The minimum atomic E-state index is -0.575. The Hall–Kier alpha value is -2.21. The van der Waals surface area contributed by atoms with E-state index in [0.717, 1.165) is 29.0 Å². The standard InChI is InChI=1S/C20H27N3O2S/c1-6-7-15-8-10-16(11-9-15)18-13(4)26-20(22-18)23-19(25)17(12(2)3)21-14(5)24/h8-12,17H,6-7H2,1-5H3,(H,21,24)(H,22,23,25)/t17-/m1/s1. The average molecular weight is 374 g/mol. The lowest BCUT2D eigenvalue weighted by atomic mass is 10.0. The van der Waals surface area contributed by atoms with E-state index in [0.29, 0.717) is 5.13 Å². The van der Waals surface area contributed by atoms with Gasteiger partial charge in [-0.25, -0.2) is 4.98 Å². The molecule has 2 N–H and O–H groups in total. The second-order valence-electron chi connectivity index (χ2n) is 6.78. The van der Waals surface area contributed by atoms with Gasteiger partial charge < -0.3 is 10.6 Å². The van der Waals surface area contributed by atoms with Crippen molar-refractivity contribution in [2.24, 2.45) is 5.92 Å². The van der Waals surface area contributed by atoms with Gasteiger partial charge in [-0.3, -0.25) is 9.59 Å². The Bertz CT molecular complexity index is 766. The summed E-state index contributed by atoms with van der Waals surface area (Å²) in [4.78, 5) is 29.5. The largest absolute Gasteiger partial charge is 0.344 e. The molecule has 0 spiro atoms. The van der Waals surface area contributed by atoms with Gasteiger partial charge in [0.2, 0.25) is 11.8 Å². The van der Waals surface area contributed by atoms with Crippen LogP contribution in [0.5, 0.6) is 0 Å². The molecule has 2 amide bonds. The molecule has 26 heavy (non-hydrogen) atoms. The van der Waals surface area contributed by atoms with Crippen molar-refractivity contribution in [2.45, 2.75) is 53.5 Å². The van der Waals surface area contributed by atoms with Crippen molar-refractivity contribution >= 4 is 28.3 Å². The minimum Gasteiger partial charge on any atom is -0.344 e. The smallest absolute Gasteiger partial charge is 0.248 e. The van der Waals surface area contributed by atoms with E-state index in [2.05, 4.69) is 46.8 Å². The number of amides is 2. The van der Waals surface area contributed by atoms with Crippen molar-refractivity contribution in [2.75, 3.05) is 5.32 Å². The molecule has 1 aromatic heterocycles. The van der Waals surface area contributed by atoms with E-state index in [1.807, 2.05) is 20.8 Å². The van der Waals surface area contributed by atoms with Crippen molar-refractivity contribution in [3.05, 3.63) is 34.7 Å². The van der Waals surface area contributed by atoms with Gasteiger partial charge in [-0.1, -0.05) is 51.5 Å². The van der Waals surface area contributed by atoms with E-state index in [1.165, 1.54) is 23.8 Å². The van der Waals surface area contributed by atoms with Gasteiger partial charge in [-0.05, 0) is 24.8 Å². The first-order chi connectivity index (χ1) is 12.3. The molecule has 1 heterocycles. The number of nitrogens with zero attached hydrogens (tertiary/aromatic N) is 1. The third kappa shape index (κ3) is 5.14. The van der Waals surface area contributed by atoms with E-state index in [4.69, 9.17) is 0 Å². The number of nitrogens with one attached hydrogen (secondary N) is 2. The summed E-state index contributed by atoms with van der Waals surface area (Å²) in [5.74, 6) is -0.471. The highest BCUT2D eigenvalue weighted by Gasteiger charge is 2.24. The third-order valence-electron chi connectivity index (χ3n) is 4.10. The number of carbonyl (C=O) groups excluding carboxylic acids is 2. The Morgan fingerprint density at radius 1 is 1.19 bits per heavy atom. The van der Waals surface area contributed by atoms with Crippen molar-refractivity contribution < 1.29 is 9.59 Å². The Kier molecular flexibility index (Phi) is 6.91. The zero-order valence-corrected chi connectivity index (χ0v) is 16.9. The van der Waals surface area contributed by atoms with Gasteiger partial charge >= 0.3 is 0 Å². The minimum absolute atomic E-state index is 0.00876. The lowest BCUT2D eigenvalue weighted by molar-refractivity contribution is -0.126. The number of hydrogen-bond donors (Lipinski definition) is 2. The lowest BCUT2D eigenvalue weighted by Crippen LogP contribution is -2.46. The zero-order valence-electron chi connectivity index (χ0n) is 16.1. The highest BCUT2D eigenvalue weighted by atomic mass is 32.1. The SMILES string of the molecule is CCCc1ccc(-c2nc(NC(=O)[C@H](NC(C)=O)C(C)C)sc2C)cc1. The van der Waals surface area contributed by atoms with Crippen LogP contribution < -0.4 is 10.6 Å². The molecule has 0 fully saturated rings. The summed E-state index contributed by atoms with van der Waals surface area (Å²) in [7, 11) is 0. The van der Waals surface area contributed by atoms with Crippen LogP contribution in [0.3, 0.4) is 0 Å². The van der Waals surface area contributed by atoms with E-state index in [1.54, 1.807) is 0 Å². The highest BCUT2D eigenvalue weighted by Crippen LogP contribution is 2.30. The van der Waals surface area contributed by atoms with Crippen LogP contribution in [0, 0.1) is 12.8 Å². The Labute approximate surface area is 159 Å². The quantitative estimate of drug-likeness (QED) is 0.765. The Morgan fingerprint density at radius 2 is 1.85 bits per heavy atom. The van der Waals surface area contributed by atoms with Gasteiger partial charge in [0.1, 0.15) is 6.04 Å². The summed E-state index contributed by atoms with van der Waals surface area (Å²) in [6.07, 6.45) is 2.19. The molecule has 0 aliphatic rings. The molecule has 2 rings (SSSR count). The fourth-order valence-corrected chi connectivity index (χ4v) is 3.61. The number of anilines is 1. The van der Waals surface area contributed by atoms with Crippen LogP contribution in [0.2, 0.25) is 0 Å².